The van der Waals surface area contributed by atoms with E-state index in [9.17, 15) is 18.0 Å². The maximum atomic E-state index is 12.7. The van der Waals surface area contributed by atoms with E-state index < -0.39 is 17.8 Å². The van der Waals surface area contributed by atoms with Gasteiger partial charge in [-0.2, -0.15) is 13.2 Å². The van der Waals surface area contributed by atoms with Crippen molar-refractivity contribution in [2.45, 2.75) is 25.9 Å². The topological polar surface area (TPSA) is 63.5 Å². The van der Waals surface area contributed by atoms with E-state index in [2.05, 4.69) is 10.6 Å². The van der Waals surface area contributed by atoms with Crippen molar-refractivity contribution in [1.82, 2.24) is 5.32 Å². The van der Waals surface area contributed by atoms with Gasteiger partial charge < -0.3 is 19.8 Å². The van der Waals surface area contributed by atoms with Gasteiger partial charge in [0.15, 0.2) is 0 Å². The number of amides is 2. The van der Waals surface area contributed by atoms with Crippen LogP contribution in [0.15, 0.2) is 71.3 Å². The van der Waals surface area contributed by atoms with Gasteiger partial charge in [0.05, 0.1) is 18.4 Å². The van der Waals surface area contributed by atoms with Crippen LogP contribution in [0.3, 0.4) is 0 Å². The van der Waals surface area contributed by atoms with Crippen LogP contribution in [0.5, 0.6) is 0 Å². The van der Waals surface area contributed by atoms with Crippen LogP contribution in [0.1, 0.15) is 22.5 Å². The van der Waals surface area contributed by atoms with E-state index in [0.717, 1.165) is 17.7 Å². The Balaban J connectivity index is 1.49. The molecule has 0 radical (unpaired) electrons. The summed E-state index contributed by atoms with van der Waals surface area (Å²) in [5.41, 5.74) is 1.01. The molecule has 0 aliphatic heterocycles. The van der Waals surface area contributed by atoms with E-state index in [-0.39, 0.29) is 6.54 Å². The zero-order valence-corrected chi connectivity index (χ0v) is 15.3. The zero-order chi connectivity index (χ0) is 20.7. The Labute approximate surface area is 165 Å². The number of hydrogen-bond acceptors (Lipinski definition) is 3. The molecule has 0 atom stereocenters. The fourth-order valence-electron chi connectivity index (χ4n) is 2.62. The maximum absolute atomic E-state index is 12.7. The van der Waals surface area contributed by atoms with Crippen molar-refractivity contribution in [3.05, 3.63) is 89.4 Å². The van der Waals surface area contributed by atoms with Crippen molar-refractivity contribution in [3.8, 4) is 0 Å². The average Bonchev–Trinajstić information content (AvgIpc) is 3.20. The molecule has 0 bridgehead atoms. The number of ether oxygens (including phenoxy) is 1. The predicted octanol–water partition coefficient (Wildman–Crippen LogP) is 5.34. The molecule has 2 amide bonds. The first kappa shape index (κ1) is 20.5. The molecule has 8 heteroatoms. The highest BCUT2D eigenvalue weighted by atomic mass is 19.4. The third kappa shape index (κ3) is 6.39. The van der Waals surface area contributed by atoms with E-state index in [1.165, 1.54) is 12.1 Å². The van der Waals surface area contributed by atoms with Crippen LogP contribution in [0.2, 0.25) is 0 Å². The molecule has 0 unspecified atom stereocenters. The van der Waals surface area contributed by atoms with Crippen molar-refractivity contribution in [1.29, 1.82) is 0 Å². The fourth-order valence-corrected chi connectivity index (χ4v) is 2.62. The minimum Gasteiger partial charge on any atom is -0.467 e. The Morgan fingerprint density at radius 3 is 2.52 bits per heavy atom. The lowest BCUT2D eigenvalue weighted by atomic mass is 10.1. The minimum atomic E-state index is -4.42. The van der Waals surface area contributed by atoms with Crippen LogP contribution in [-0.2, 0) is 30.7 Å². The summed E-state index contributed by atoms with van der Waals surface area (Å²) in [6.07, 6.45) is -2.85. The van der Waals surface area contributed by atoms with E-state index in [1.807, 2.05) is 12.1 Å². The second-order valence-corrected chi connectivity index (χ2v) is 6.28. The highest BCUT2D eigenvalue weighted by molar-refractivity contribution is 5.89. The first-order valence-electron chi connectivity index (χ1n) is 8.80. The van der Waals surface area contributed by atoms with E-state index in [4.69, 9.17) is 9.15 Å². The lowest BCUT2D eigenvalue weighted by molar-refractivity contribution is -0.137. The van der Waals surface area contributed by atoms with Crippen molar-refractivity contribution < 1.29 is 27.1 Å². The number of nitrogens with one attached hydrogen (secondary N) is 2. The molecule has 3 aromatic rings. The summed E-state index contributed by atoms with van der Waals surface area (Å²) < 4.78 is 49.0. The number of halogens is 3. The van der Waals surface area contributed by atoms with Crippen LogP contribution in [0.4, 0.5) is 23.7 Å². The SMILES string of the molecule is O=C(NCc1cccc(C(F)(F)F)c1)Nc1cccc(COCc2ccco2)c1. The molecule has 3 rings (SSSR count). The van der Waals surface area contributed by atoms with Crippen LogP contribution in [-0.4, -0.2) is 6.03 Å². The molecule has 1 aromatic heterocycles. The first-order valence-corrected chi connectivity index (χ1v) is 8.80. The van der Waals surface area contributed by atoms with Gasteiger partial charge in [-0.1, -0.05) is 24.3 Å². The fraction of sp³-hybridized carbons (Fsp3) is 0.190. The van der Waals surface area contributed by atoms with Gasteiger partial charge in [0, 0.05) is 12.2 Å². The Hall–Kier alpha value is -3.26. The third-order valence-electron chi connectivity index (χ3n) is 3.99. The second kappa shape index (κ2) is 9.29. The number of urea groups is 1. The maximum Gasteiger partial charge on any atom is 0.416 e. The van der Waals surface area contributed by atoms with E-state index in [0.29, 0.717) is 30.2 Å². The van der Waals surface area contributed by atoms with Crippen LogP contribution in [0, 0.1) is 0 Å². The predicted molar refractivity (Wildman–Crippen MR) is 101 cm³/mol. The largest absolute Gasteiger partial charge is 0.467 e. The molecule has 2 N–H and O–H groups in total. The van der Waals surface area contributed by atoms with Gasteiger partial charge >= 0.3 is 12.2 Å². The highest BCUT2D eigenvalue weighted by Gasteiger charge is 2.30. The Morgan fingerprint density at radius 1 is 0.966 bits per heavy atom. The summed E-state index contributed by atoms with van der Waals surface area (Å²) in [4.78, 5) is 12.1. The number of carbonyl (C=O) groups is 1. The molecular weight excluding hydrogens is 385 g/mol. The van der Waals surface area contributed by atoms with E-state index in [1.54, 1.807) is 30.5 Å². The lowest BCUT2D eigenvalue weighted by Crippen LogP contribution is -2.28. The average molecular weight is 404 g/mol. The van der Waals surface area contributed by atoms with Crippen molar-refractivity contribution in [2.75, 3.05) is 5.32 Å². The van der Waals surface area contributed by atoms with Gasteiger partial charge in [0.25, 0.3) is 0 Å². The van der Waals surface area contributed by atoms with Crippen molar-refractivity contribution in [3.63, 3.8) is 0 Å². The first-order chi connectivity index (χ1) is 13.9. The summed E-state index contributed by atoms with van der Waals surface area (Å²) in [5, 5.41) is 5.20. The Morgan fingerprint density at radius 2 is 1.76 bits per heavy atom. The summed E-state index contributed by atoms with van der Waals surface area (Å²) in [5.74, 6) is 0.716. The molecule has 29 heavy (non-hydrogen) atoms. The van der Waals surface area contributed by atoms with Gasteiger partial charge in [-0.05, 0) is 47.5 Å². The van der Waals surface area contributed by atoms with Gasteiger partial charge in [-0.3, -0.25) is 0 Å². The number of carbonyl (C=O) groups excluding carboxylic acids is 1. The monoisotopic (exact) mass is 404 g/mol. The number of hydrogen-bond donors (Lipinski definition) is 2. The summed E-state index contributed by atoms with van der Waals surface area (Å²) >= 11 is 0. The number of benzene rings is 2. The lowest BCUT2D eigenvalue weighted by Gasteiger charge is -2.11. The number of furan rings is 1. The van der Waals surface area contributed by atoms with Crippen molar-refractivity contribution in [2.24, 2.45) is 0 Å². The van der Waals surface area contributed by atoms with Crippen LogP contribution < -0.4 is 10.6 Å². The standard InChI is InChI=1S/C21H19F3N2O3/c22-21(23,24)17-6-1-4-15(10-17)12-25-20(27)26-18-7-2-5-16(11-18)13-28-14-19-8-3-9-29-19/h1-11H,12-14H2,(H2,25,26,27). The highest BCUT2D eigenvalue weighted by Crippen LogP contribution is 2.29. The molecule has 0 aliphatic carbocycles. The Bertz CT molecular complexity index is 940. The molecule has 152 valence electrons. The molecular formula is C21H19F3N2O3. The molecule has 0 saturated heterocycles. The third-order valence-corrected chi connectivity index (χ3v) is 3.99. The van der Waals surface area contributed by atoms with Crippen LogP contribution >= 0.6 is 0 Å². The van der Waals surface area contributed by atoms with Gasteiger partial charge in [-0.15, -0.1) is 0 Å². The zero-order valence-electron chi connectivity index (χ0n) is 15.3. The van der Waals surface area contributed by atoms with Gasteiger partial charge in [-0.25, -0.2) is 4.79 Å². The molecule has 0 aliphatic rings. The molecule has 0 fully saturated rings. The second-order valence-electron chi connectivity index (χ2n) is 6.28. The van der Waals surface area contributed by atoms with Crippen LogP contribution in [0.25, 0.3) is 0 Å². The number of rotatable bonds is 7. The summed E-state index contributed by atoms with van der Waals surface area (Å²) in [6, 6.07) is 15.0. The molecule has 1 heterocycles. The molecule has 2 aromatic carbocycles. The number of alkyl halides is 3. The summed E-state index contributed by atoms with van der Waals surface area (Å²) in [6.45, 7) is 0.645. The van der Waals surface area contributed by atoms with Gasteiger partial charge in [0.1, 0.15) is 12.4 Å². The van der Waals surface area contributed by atoms with Gasteiger partial charge in [0.2, 0.25) is 0 Å². The molecule has 5 nitrogen and oxygen atoms in total. The number of anilines is 1. The summed E-state index contributed by atoms with van der Waals surface area (Å²) in [7, 11) is 0. The molecule has 0 spiro atoms. The molecule has 0 saturated carbocycles. The minimum absolute atomic E-state index is 0.0261. The smallest absolute Gasteiger partial charge is 0.416 e. The Kier molecular flexibility index (Phi) is 6.56. The van der Waals surface area contributed by atoms with E-state index >= 15 is 0 Å². The normalized spacial score (nSPS) is 11.3. The van der Waals surface area contributed by atoms with Crippen molar-refractivity contribution >= 4 is 11.7 Å². The quantitative estimate of drug-likeness (QED) is 0.559.